The maximum atomic E-state index is 6.52. The van der Waals surface area contributed by atoms with Crippen LogP contribution in [0.2, 0.25) is 0 Å². The van der Waals surface area contributed by atoms with Crippen LogP contribution in [0.4, 0.5) is 17.1 Å². The Morgan fingerprint density at radius 3 is 1.42 bits per heavy atom. The summed E-state index contributed by atoms with van der Waals surface area (Å²) < 4.78 is 6.52. The third-order valence-electron chi connectivity index (χ3n) is 14.7. The van der Waals surface area contributed by atoms with Gasteiger partial charge in [0.1, 0.15) is 11.2 Å². The standard InChI is InChI=1S/C67H43NO/c1-3-16-47(17-4-1)67(48-18-5-2-6-19-48)63-28-13-11-24-58(63)59-41-39-51(43-64(59)67)68(50-37-32-45(33-38-50)52-26-15-27-61-60-25-12-14-29-65(60)69-66(52)61)49-35-30-44(31-36-49)46-34-40-57-55-22-8-7-20-53(55)54-21-9-10-23-56(54)62(57)42-46/h1-43H. The van der Waals surface area contributed by atoms with Crippen molar-refractivity contribution in [3.8, 4) is 33.4 Å². The molecule has 0 aliphatic heterocycles. The van der Waals surface area contributed by atoms with E-state index in [0.29, 0.717) is 0 Å². The Morgan fingerprint density at radius 2 is 0.754 bits per heavy atom. The van der Waals surface area contributed by atoms with Gasteiger partial charge in [-0.15, -0.1) is 0 Å². The van der Waals surface area contributed by atoms with Crippen LogP contribution in [0.1, 0.15) is 22.3 Å². The van der Waals surface area contributed by atoms with Crippen LogP contribution in [0.5, 0.6) is 0 Å². The van der Waals surface area contributed by atoms with Crippen molar-refractivity contribution in [2.75, 3.05) is 4.90 Å². The van der Waals surface area contributed by atoms with Gasteiger partial charge in [0.2, 0.25) is 0 Å². The van der Waals surface area contributed by atoms with E-state index in [1.807, 2.05) is 6.07 Å². The van der Waals surface area contributed by atoms with Crippen molar-refractivity contribution in [3.63, 3.8) is 0 Å². The molecule has 2 heteroatoms. The van der Waals surface area contributed by atoms with Gasteiger partial charge in [-0.05, 0) is 131 Å². The molecule has 0 saturated heterocycles. The molecule has 0 atom stereocenters. The third kappa shape index (κ3) is 5.99. The molecule has 0 saturated carbocycles. The number of anilines is 3. The average Bonchev–Trinajstić information content (AvgIpc) is 3.96. The van der Waals surface area contributed by atoms with Gasteiger partial charge in [0.15, 0.2) is 0 Å². The number of para-hydroxylation sites is 2. The van der Waals surface area contributed by atoms with Gasteiger partial charge in [-0.2, -0.15) is 0 Å². The average molecular weight is 878 g/mol. The van der Waals surface area contributed by atoms with Crippen LogP contribution in [-0.4, -0.2) is 0 Å². The van der Waals surface area contributed by atoms with Crippen LogP contribution in [0, 0.1) is 0 Å². The molecule has 12 aromatic carbocycles. The second-order valence-corrected chi connectivity index (χ2v) is 18.3. The van der Waals surface area contributed by atoms with E-state index in [1.54, 1.807) is 0 Å². The van der Waals surface area contributed by atoms with Crippen LogP contribution in [0.3, 0.4) is 0 Å². The molecular weight excluding hydrogens is 835 g/mol. The molecule has 0 spiro atoms. The Hall–Kier alpha value is -8.98. The molecule has 1 aliphatic carbocycles. The highest BCUT2D eigenvalue weighted by Gasteiger charge is 2.46. The van der Waals surface area contributed by atoms with Gasteiger partial charge in [0.25, 0.3) is 0 Å². The SMILES string of the molecule is c1ccc(C2(c3ccccc3)c3ccccc3-c3ccc(N(c4ccc(-c5ccc6c7ccccc7c7ccccc7c6c5)cc4)c4ccc(-c5cccc6c5oc5ccccc56)cc4)cc32)cc1. The number of rotatable bonds is 7. The Balaban J connectivity index is 0.941. The van der Waals surface area contributed by atoms with E-state index in [1.165, 1.54) is 76.8 Å². The van der Waals surface area contributed by atoms with Gasteiger partial charge in [-0.1, -0.05) is 212 Å². The summed E-state index contributed by atoms with van der Waals surface area (Å²) in [7, 11) is 0. The molecule has 69 heavy (non-hydrogen) atoms. The Kier molecular flexibility index (Phi) is 8.84. The van der Waals surface area contributed by atoms with Crippen molar-refractivity contribution < 1.29 is 4.42 Å². The number of nitrogens with zero attached hydrogens (tertiary/aromatic N) is 1. The first-order valence-corrected chi connectivity index (χ1v) is 23.8. The molecule has 0 radical (unpaired) electrons. The topological polar surface area (TPSA) is 16.4 Å². The van der Waals surface area contributed by atoms with Crippen LogP contribution in [0.15, 0.2) is 265 Å². The van der Waals surface area contributed by atoms with Crippen molar-refractivity contribution >= 4 is 71.3 Å². The van der Waals surface area contributed by atoms with Crippen molar-refractivity contribution in [3.05, 3.63) is 283 Å². The number of benzene rings is 12. The minimum absolute atomic E-state index is 0.527. The second kappa shape index (κ2) is 15.6. The lowest BCUT2D eigenvalue weighted by molar-refractivity contribution is 0.670. The maximum absolute atomic E-state index is 6.52. The van der Waals surface area contributed by atoms with E-state index in [-0.39, 0.29) is 0 Å². The molecule has 322 valence electrons. The molecule has 0 fully saturated rings. The summed E-state index contributed by atoms with van der Waals surface area (Å²) in [5.41, 5.74) is 16.6. The molecule has 13 aromatic rings. The molecule has 1 aromatic heterocycles. The van der Waals surface area contributed by atoms with Crippen molar-refractivity contribution in [2.24, 2.45) is 0 Å². The number of furan rings is 1. The molecule has 1 aliphatic rings. The van der Waals surface area contributed by atoms with Gasteiger partial charge in [-0.3, -0.25) is 0 Å². The lowest BCUT2D eigenvalue weighted by Crippen LogP contribution is -2.28. The number of fused-ring (bicyclic) bond motifs is 12. The summed E-state index contributed by atoms with van der Waals surface area (Å²) in [5.74, 6) is 0. The number of hydrogen-bond acceptors (Lipinski definition) is 2. The molecule has 0 amide bonds. The lowest BCUT2D eigenvalue weighted by Gasteiger charge is -2.35. The van der Waals surface area contributed by atoms with Crippen LogP contribution < -0.4 is 4.90 Å². The highest BCUT2D eigenvalue weighted by atomic mass is 16.3. The Labute approximate surface area is 400 Å². The van der Waals surface area contributed by atoms with Crippen molar-refractivity contribution in [1.82, 2.24) is 0 Å². The highest BCUT2D eigenvalue weighted by Crippen LogP contribution is 2.57. The van der Waals surface area contributed by atoms with Crippen molar-refractivity contribution in [2.45, 2.75) is 5.41 Å². The monoisotopic (exact) mass is 877 g/mol. The first-order chi connectivity index (χ1) is 34.2. The van der Waals surface area contributed by atoms with Gasteiger partial charge in [0.05, 0.1) is 5.41 Å². The Bertz CT molecular complexity index is 4040. The third-order valence-corrected chi connectivity index (χ3v) is 14.7. The minimum Gasteiger partial charge on any atom is -0.455 e. The van der Waals surface area contributed by atoms with E-state index < -0.39 is 5.41 Å². The summed E-state index contributed by atoms with van der Waals surface area (Å²) in [4.78, 5) is 2.42. The largest absolute Gasteiger partial charge is 0.455 e. The summed E-state index contributed by atoms with van der Waals surface area (Å²) in [5, 5.41) is 9.93. The molecule has 0 N–H and O–H groups in total. The van der Waals surface area contributed by atoms with Crippen LogP contribution in [-0.2, 0) is 5.41 Å². The smallest absolute Gasteiger partial charge is 0.143 e. The van der Waals surface area contributed by atoms with Gasteiger partial charge in [0, 0.05) is 33.4 Å². The fourth-order valence-electron chi connectivity index (χ4n) is 11.7. The van der Waals surface area contributed by atoms with Crippen molar-refractivity contribution in [1.29, 1.82) is 0 Å². The van der Waals surface area contributed by atoms with Gasteiger partial charge < -0.3 is 9.32 Å². The van der Waals surface area contributed by atoms with Gasteiger partial charge in [-0.25, -0.2) is 0 Å². The molecule has 14 rings (SSSR count). The quantitative estimate of drug-likeness (QED) is 0.148. The normalized spacial score (nSPS) is 12.8. The Morgan fingerprint density at radius 1 is 0.275 bits per heavy atom. The predicted octanol–water partition coefficient (Wildman–Crippen LogP) is 18.2. The highest BCUT2D eigenvalue weighted by molar-refractivity contribution is 6.25. The van der Waals surface area contributed by atoms with E-state index in [0.717, 1.165) is 50.1 Å². The first-order valence-electron chi connectivity index (χ1n) is 23.8. The van der Waals surface area contributed by atoms with E-state index >= 15 is 0 Å². The molecule has 0 unspecified atom stereocenters. The molecule has 0 bridgehead atoms. The minimum atomic E-state index is -0.527. The zero-order chi connectivity index (χ0) is 45.5. The molecule has 2 nitrogen and oxygen atoms in total. The fraction of sp³-hybridized carbons (Fsp3) is 0.0149. The van der Waals surface area contributed by atoms with Crippen LogP contribution in [0.25, 0.3) is 87.6 Å². The second-order valence-electron chi connectivity index (χ2n) is 18.3. The molecule has 1 heterocycles. The summed E-state index contributed by atoms with van der Waals surface area (Å²) >= 11 is 0. The fourth-order valence-corrected chi connectivity index (χ4v) is 11.7. The number of hydrogen-bond donors (Lipinski definition) is 0. The maximum Gasteiger partial charge on any atom is 0.143 e. The van der Waals surface area contributed by atoms with Gasteiger partial charge >= 0.3 is 0 Å². The van der Waals surface area contributed by atoms with E-state index in [9.17, 15) is 0 Å². The summed E-state index contributed by atoms with van der Waals surface area (Å²) in [6, 6.07) is 95.6. The van der Waals surface area contributed by atoms with Crippen LogP contribution >= 0.6 is 0 Å². The summed E-state index contributed by atoms with van der Waals surface area (Å²) in [6.45, 7) is 0. The lowest BCUT2D eigenvalue weighted by atomic mass is 9.67. The predicted molar refractivity (Wildman–Crippen MR) is 289 cm³/mol. The zero-order valence-electron chi connectivity index (χ0n) is 37.7. The van der Waals surface area contributed by atoms with E-state index in [2.05, 4.69) is 260 Å². The van der Waals surface area contributed by atoms with E-state index in [4.69, 9.17) is 4.42 Å². The first kappa shape index (κ1) is 39.2. The molecular formula is C67H43NO. The summed E-state index contributed by atoms with van der Waals surface area (Å²) in [6.07, 6.45) is 0. The zero-order valence-corrected chi connectivity index (χ0v) is 37.7.